The molecule has 0 spiro atoms. The van der Waals surface area contributed by atoms with Crippen LogP contribution in [0.25, 0.3) is 0 Å². The molecule has 0 N–H and O–H groups in total. The largest absolute Gasteiger partial charge is 1.00 e. The fraction of sp³-hybridized carbons (Fsp3) is 0.333. The third-order valence-corrected chi connectivity index (χ3v) is 1.54. The predicted octanol–water partition coefficient (Wildman–Crippen LogP) is -1.43. The minimum Gasteiger partial charge on any atom is -1.00 e. The summed E-state index contributed by atoms with van der Waals surface area (Å²) in [6.45, 7) is 0. The van der Waals surface area contributed by atoms with E-state index < -0.39 is 0 Å². The summed E-state index contributed by atoms with van der Waals surface area (Å²) >= 11 is 5.75. The van der Waals surface area contributed by atoms with Gasteiger partial charge in [0.05, 0.1) is 0 Å². The molecule has 1 atom stereocenters. The zero-order chi connectivity index (χ0) is 5.98. The first-order valence-electron chi connectivity index (χ1n) is 2.52. The summed E-state index contributed by atoms with van der Waals surface area (Å²) in [5.74, 6) is 0. The van der Waals surface area contributed by atoms with Crippen LogP contribution < -0.4 is 24.0 Å². The Hall–Kier alpha value is 0.300. The molecule has 1 unspecified atom stereocenters. The Morgan fingerprint density at radius 1 is 1.44 bits per heavy atom. The highest BCUT2D eigenvalue weighted by atomic mass is 127. The van der Waals surface area contributed by atoms with Gasteiger partial charge >= 0.3 is 0 Å². The van der Waals surface area contributed by atoms with Crippen molar-refractivity contribution >= 4 is 11.6 Å². The first kappa shape index (κ1) is 9.30. The Balaban J connectivity index is 0.000000640. The van der Waals surface area contributed by atoms with E-state index in [1.165, 1.54) is 0 Å². The van der Waals surface area contributed by atoms with Gasteiger partial charge in [-0.3, -0.25) is 0 Å². The van der Waals surface area contributed by atoms with Crippen molar-refractivity contribution in [1.82, 2.24) is 4.90 Å². The van der Waals surface area contributed by atoms with Crippen molar-refractivity contribution in [3.63, 3.8) is 0 Å². The topological polar surface area (TPSA) is 3.24 Å². The molecule has 3 heteroatoms. The fourth-order valence-electron chi connectivity index (χ4n) is 0.559. The minimum absolute atomic E-state index is 0. The number of alkyl halides is 1. The maximum atomic E-state index is 5.75. The molecule has 0 aliphatic carbocycles. The molecule has 1 aliphatic rings. The minimum atomic E-state index is 0. The Morgan fingerprint density at radius 2 is 2.11 bits per heavy atom. The van der Waals surface area contributed by atoms with E-state index in [4.69, 9.17) is 11.6 Å². The van der Waals surface area contributed by atoms with Crippen LogP contribution in [-0.4, -0.2) is 17.4 Å². The highest BCUT2D eigenvalue weighted by Crippen LogP contribution is 2.07. The summed E-state index contributed by atoms with van der Waals surface area (Å²) in [5, 5.41) is 0. The van der Waals surface area contributed by atoms with Gasteiger partial charge in [0.2, 0.25) is 0 Å². The van der Waals surface area contributed by atoms with Gasteiger partial charge in [-0.1, -0.05) is 17.7 Å². The standard InChI is InChI=1S/C6H8ClN.HI/c1-8-5-3-2-4-6(8)7;/h2-6H,1H3;1H/p-1. The molecule has 0 amide bonds. The maximum absolute atomic E-state index is 5.75. The summed E-state index contributed by atoms with van der Waals surface area (Å²) in [5.41, 5.74) is 0.0417. The quantitative estimate of drug-likeness (QED) is 0.292. The SMILES string of the molecule is CN1C=CC=CC1Cl.[I-]. The summed E-state index contributed by atoms with van der Waals surface area (Å²) in [6, 6.07) is 0. The van der Waals surface area contributed by atoms with Crippen LogP contribution >= 0.6 is 11.6 Å². The average molecular weight is 256 g/mol. The second-order valence-electron chi connectivity index (χ2n) is 1.76. The molecule has 9 heavy (non-hydrogen) atoms. The molecule has 0 aromatic rings. The zero-order valence-electron chi connectivity index (χ0n) is 5.09. The van der Waals surface area contributed by atoms with Gasteiger partial charge in [0.25, 0.3) is 0 Å². The van der Waals surface area contributed by atoms with E-state index in [1.807, 2.05) is 36.4 Å². The van der Waals surface area contributed by atoms with E-state index in [1.54, 1.807) is 0 Å². The second-order valence-corrected chi connectivity index (χ2v) is 2.21. The van der Waals surface area contributed by atoms with Gasteiger partial charge in [-0.15, -0.1) is 0 Å². The molecule has 0 saturated heterocycles. The molecule has 0 aromatic heterocycles. The lowest BCUT2D eigenvalue weighted by Crippen LogP contribution is -3.00. The third kappa shape index (κ3) is 2.58. The molecule has 52 valence electrons. The van der Waals surface area contributed by atoms with Crippen LogP contribution in [-0.2, 0) is 0 Å². The molecule has 1 nitrogen and oxygen atoms in total. The third-order valence-electron chi connectivity index (χ3n) is 1.09. The molecule has 1 aliphatic heterocycles. The Bertz CT molecular complexity index is 117. The Kier molecular flexibility index (Phi) is 4.31. The molecule has 1 rings (SSSR count). The van der Waals surface area contributed by atoms with Crippen LogP contribution in [0.5, 0.6) is 0 Å². The van der Waals surface area contributed by atoms with Crippen LogP contribution in [0.3, 0.4) is 0 Å². The highest BCUT2D eigenvalue weighted by molar-refractivity contribution is 6.21. The molecular weight excluding hydrogens is 248 g/mol. The van der Waals surface area contributed by atoms with Crippen molar-refractivity contribution in [2.24, 2.45) is 0 Å². The summed E-state index contributed by atoms with van der Waals surface area (Å²) in [7, 11) is 1.94. The van der Waals surface area contributed by atoms with Gasteiger partial charge < -0.3 is 28.9 Å². The lowest BCUT2D eigenvalue weighted by Gasteiger charge is -2.19. The lowest BCUT2D eigenvalue weighted by molar-refractivity contribution is -0.00000157. The summed E-state index contributed by atoms with van der Waals surface area (Å²) in [6.07, 6.45) is 7.77. The first-order chi connectivity index (χ1) is 3.80. The van der Waals surface area contributed by atoms with E-state index in [9.17, 15) is 0 Å². The second kappa shape index (κ2) is 4.17. The zero-order valence-corrected chi connectivity index (χ0v) is 8.00. The molecule has 0 bridgehead atoms. The van der Waals surface area contributed by atoms with Crippen molar-refractivity contribution < 1.29 is 24.0 Å². The molecule has 0 fully saturated rings. The van der Waals surface area contributed by atoms with Crippen LogP contribution in [0.4, 0.5) is 0 Å². The predicted molar refractivity (Wildman–Crippen MR) is 35.7 cm³/mol. The maximum Gasteiger partial charge on any atom is 0.122 e. The van der Waals surface area contributed by atoms with Gasteiger partial charge in [-0.25, -0.2) is 0 Å². The van der Waals surface area contributed by atoms with Gasteiger partial charge in [0.1, 0.15) is 5.50 Å². The molecular formula is C6H8ClIN-. The smallest absolute Gasteiger partial charge is 0.122 e. The lowest BCUT2D eigenvalue weighted by atomic mass is 10.4. The van der Waals surface area contributed by atoms with E-state index in [-0.39, 0.29) is 29.5 Å². The summed E-state index contributed by atoms with van der Waals surface area (Å²) in [4.78, 5) is 1.93. The van der Waals surface area contributed by atoms with E-state index >= 15 is 0 Å². The van der Waals surface area contributed by atoms with Gasteiger partial charge in [-0.2, -0.15) is 0 Å². The average Bonchev–Trinajstić information content (AvgIpc) is 1.77. The Morgan fingerprint density at radius 3 is 2.44 bits per heavy atom. The molecule has 0 aromatic carbocycles. The van der Waals surface area contributed by atoms with Crippen molar-refractivity contribution in [3.05, 3.63) is 24.4 Å². The van der Waals surface area contributed by atoms with Crippen molar-refractivity contribution in [2.75, 3.05) is 7.05 Å². The fourth-order valence-corrected chi connectivity index (χ4v) is 0.708. The number of hydrogen-bond acceptors (Lipinski definition) is 1. The van der Waals surface area contributed by atoms with Crippen LogP contribution in [0.15, 0.2) is 24.4 Å². The van der Waals surface area contributed by atoms with Gasteiger partial charge in [0.15, 0.2) is 0 Å². The number of likely N-dealkylation sites (N-methyl/N-ethyl adjacent to an activating group) is 1. The van der Waals surface area contributed by atoms with E-state index in [2.05, 4.69) is 0 Å². The van der Waals surface area contributed by atoms with Crippen LogP contribution in [0.1, 0.15) is 0 Å². The summed E-state index contributed by atoms with van der Waals surface area (Å²) < 4.78 is 0. The number of nitrogens with zero attached hydrogens (tertiary/aromatic N) is 1. The normalized spacial score (nSPS) is 23.8. The molecule has 0 radical (unpaired) electrons. The van der Waals surface area contributed by atoms with E-state index in [0.29, 0.717) is 0 Å². The monoisotopic (exact) mass is 256 g/mol. The number of allylic oxidation sites excluding steroid dienone is 2. The molecule has 1 heterocycles. The van der Waals surface area contributed by atoms with Crippen LogP contribution in [0, 0.1) is 0 Å². The van der Waals surface area contributed by atoms with Crippen molar-refractivity contribution in [1.29, 1.82) is 0 Å². The van der Waals surface area contributed by atoms with Gasteiger partial charge in [0, 0.05) is 13.2 Å². The van der Waals surface area contributed by atoms with Gasteiger partial charge in [-0.05, 0) is 12.2 Å². The van der Waals surface area contributed by atoms with Crippen LogP contribution in [0.2, 0.25) is 0 Å². The van der Waals surface area contributed by atoms with E-state index in [0.717, 1.165) is 0 Å². The first-order valence-corrected chi connectivity index (χ1v) is 2.95. The molecule has 0 saturated carbocycles. The van der Waals surface area contributed by atoms with Crippen molar-refractivity contribution in [2.45, 2.75) is 5.50 Å². The highest BCUT2D eigenvalue weighted by Gasteiger charge is 2.03. The number of hydrogen-bond donors (Lipinski definition) is 0. The Labute approximate surface area is 77.4 Å². The number of halogens is 2. The van der Waals surface area contributed by atoms with Crippen molar-refractivity contribution in [3.8, 4) is 0 Å². The number of rotatable bonds is 0.